The van der Waals surface area contributed by atoms with Crippen molar-refractivity contribution >= 4 is 5.91 Å². The second-order valence-electron chi connectivity index (χ2n) is 7.44. The van der Waals surface area contributed by atoms with Crippen LogP contribution in [0.15, 0.2) is 24.3 Å². The monoisotopic (exact) mass is 368 g/mol. The molecule has 0 saturated carbocycles. The van der Waals surface area contributed by atoms with E-state index in [1.165, 1.54) is 18.5 Å². The van der Waals surface area contributed by atoms with Gasteiger partial charge in [0, 0.05) is 18.7 Å². The minimum atomic E-state index is -0.0566. The van der Waals surface area contributed by atoms with Crippen LogP contribution >= 0.6 is 0 Å². The van der Waals surface area contributed by atoms with Gasteiger partial charge in [-0.15, -0.1) is 0 Å². The number of carbonyl (C=O) groups is 1. The van der Waals surface area contributed by atoms with Crippen molar-refractivity contribution in [1.29, 1.82) is 0 Å². The number of hydrogen-bond donors (Lipinski definition) is 1. The quantitative estimate of drug-likeness (QED) is 0.852. The summed E-state index contributed by atoms with van der Waals surface area (Å²) in [5, 5.41) is 7.66. The van der Waals surface area contributed by atoms with E-state index in [-0.39, 0.29) is 5.91 Å². The van der Waals surface area contributed by atoms with E-state index < -0.39 is 0 Å². The van der Waals surface area contributed by atoms with Crippen LogP contribution in [0.3, 0.4) is 0 Å². The molecule has 0 fully saturated rings. The zero-order valence-corrected chi connectivity index (χ0v) is 16.0. The normalized spacial score (nSPS) is 16.3. The Bertz CT molecular complexity index is 815. The minimum Gasteiger partial charge on any atom is -0.493 e. The first-order chi connectivity index (χ1) is 13.2. The predicted molar refractivity (Wildman–Crippen MR) is 104 cm³/mol. The molecule has 3 heterocycles. The van der Waals surface area contributed by atoms with Gasteiger partial charge in [-0.2, -0.15) is 5.10 Å². The second kappa shape index (κ2) is 8.13. The summed E-state index contributed by atoms with van der Waals surface area (Å²) in [7, 11) is 0. The summed E-state index contributed by atoms with van der Waals surface area (Å²) in [5.74, 6) is 0.853. The van der Waals surface area contributed by atoms with E-state index in [4.69, 9.17) is 4.74 Å². The average Bonchev–Trinajstić information content (AvgIpc) is 3.12. The average molecular weight is 368 g/mol. The van der Waals surface area contributed by atoms with Crippen LogP contribution in [0.5, 0.6) is 5.75 Å². The van der Waals surface area contributed by atoms with Crippen LogP contribution in [0.2, 0.25) is 0 Å². The van der Waals surface area contributed by atoms with Crippen molar-refractivity contribution in [3.8, 4) is 5.75 Å². The molecule has 0 bridgehead atoms. The van der Waals surface area contributed by atoms with Crippen LogP contribution in [0.4, 0.5) is 0 Å². The molecule has 2 aliphatic rings. The summed E-state index contributed by atoms with van der Waals surface area (Å²) in [6.45, 7) is 7.53. The highest BCUT2D eigenvalue weighted by Crippen LogP contribution is 2.25. The van der Waals surface area contributed by atoms with Gasteiger partial charge in [0.25, 0.3) is 5.91 Å². The molecule has 1 aromatic heterocycles. The lowest BCUT2D eigenvalue weighted by Gasteiger charge is -2.27. The molecule has 6 heteroatoms. The van der Waals surface area contributed by atoms with Crippen LogP contribution < -0.4 is 10.1 Å². The number of fused-ring (bicyclic) bond motifs is 2. The number of rotatable bonds is 6. The number of ether oxygens (including phenoxy) is 1. The standard InChI is InChI=1S/C21H28N4O2/c1-2-3-8-24-9-10-25-19(15-24)13-18(23-25)14-22-21(26)17-6-7-20-16(12-17)5-4-11-27-20/h6-7,12-13H,2-5,8-11,14-15H2,1H3,(H,22,26). The second-order valence-corrected chi connectivity index (χ2v) is 7.44. The van der Waals surface area contributed by atoms with Gasteiger partial charge in [-0.05, 0) is 55.6 Å². The lowest BCUT2D eigenvalue weighted by Crippen LogP contribution is -2.34. The van der Waals surface area contributed by atoms with Crippen LogP contribution in [-0.2, 0) is 26.1 Å². The van der Waals surface area contributed by atoms with Crippen molar-refractivity contribution in [3.05, 3.63) is 46.8 Å². The fourth-order valence-electron chi connectivity index (χ4n) is 3.81. The van der Waals surface area contributed by atoms with E-state index >= 15 is 0 Å². The minimum absolute atomic E-state index is 0.0566. The number of benzene rings is 1. The number of amides is 1. The molecule has 27 heavy (non-hydrogen) atoms. The molecule has 0 saturated heterocycles. The molecular weight excluding hydrogens is 340 g/mol. The van der Waals surface area contributed by atoms with Crippen molar-refractivity contribution in [3.63, 3.8) is 0 Å². The first-order valence-electron chi connectivity index (χ1n) is 10.0. The van der Waals surface area contributed by atoms with Crippen molar-refractivity contribution in [2.45, 2.75) is 52.2 Å². The molecule has 0 aliphatic carbocycles. The third kappa shape index (κ3) is 4.16. The Hall–Kier alpha value is -2.34. The smallest absolute Gasteiger partial charge is 0.251 e. The van der Waals surface area contributed by atoms with Crippen LogP contribution in [0.1, 0.15) is 53.5 Å². The number of nitrogens with one attached hydrogen (secondary N) is 1. The molecule has 0 atom stereocenters. The Balaban J connectivity index is 1.35. The van der Waals surface area contributed by atoms with Crippen molar-refractivity contribution < 1.29 is 9.53 Å². The SMILES string of the molecule is CCCCN1CCn2nc(CNC(=O)c3ccc4c(c3)CCCO4)cc2C1. The largest absolute Gasteiger partial charge is 0.493 e. The van der Waals surface area contributed by atoms with E-state index in [9.17, 15) is 4.79 Å². The molecule has 2 aromatic rings. The molecule has 1 aromatic carbocycles. The summed E-state index contributed by atoms with van der Waals surface area (Å²) in [4.78, 5) is 15.0. The van der Waals surface area contributed by atoms with E-state index in [0.717, 1.165) is 62.6 Å². The Kier molecular flexibility index (Phi) is 5.43. The van der Waals surface area contributed by atoms with Crippen molar-refractivity contribution in [2.24, 2.45) is 0 Å². The Morgan fingerprint density at radius 3 is 3.11 bits per heavy atom. The molecular formula is C21H28N4O2. The lowest BCUT2D eigenvalue weighted by atomic mass is 10.0. The first kappa shape index (κ1) is 18.0. The van der Waals surface area contributed by atoms with Gasteiger partial charge in [-0.3, -0.25) is 14.4 Å². The number of aromatic nitrogens is 2. The van der Waals surface area contributed by atoms with Gasteiger partial charge in [0.1, 0.15) is 5.75 Å². The topological polar surface area (TPSA) is 59.4 Å². The van der Waals surface area contributed by atoms with Gasteiger partial charge in [-0.1, -0.05) is 13.3 Å². The molecule has 0 radical (unpaired) electrons. The van der Waals surface area contributed by atoms with Crippen LogP contribution in [0, 0.1) is 0 Å². The number of nitrogens with zero attached hydrogens (tertiary/aromatic N) is 3. The highest BCUT2D eigenvalue weighted by molar-refractivity contribution is 5.94. The number of unbranched alkanes of at least 4 members (excludes halogenated alkanes) is 1. The van der Waals surface area contributed by atoms with Crippen molar-refractivity contribution in [2.75, 3.05) is 19.7 Å². The molecule has 6 nitrogen and oxygen atoms in total. The molecule has 144 valence electrons. The summed E-state index contributed by atoms with van der Waals surface area (Å²) in [5.41, 5.74) is 3.98. The fraction of sp³-hybridized carbons (Fsp3) is 0.524. The zero-order valence-electron chi connectivity index (χ0n) is 16.0. The highest BCUT2D eigenvalue weighted by Gasteiger charge is 2.18. The maximum Gasteiger partial charge on any atom is 0.251 e. The van der Waals surface area contributed by atoms with Gasteiger partial charge in [0.2, 0.25) is 0 Å². The summed E-state index contributed by atoms with van der Waals surface area (Å²) in [6, 6.07) is 7.82. The number of carbonyl (C=O) groups excluding carboxylic acids is 1. The van der Waals surface area contributed by atoms with Gasteiger partial charge < -0.3 is 10.1 Å². The molecule has 4 rings (SSSR count). The summed E-state index contributed by atoms with van der Waals surface area (Å²) < 4.78 is 7.70. The highest BCUT2D eigenvalue weighted by atomic mass is 16.5. The summed E-state index contributed by atoms with van der Waals surface area (Å²) >= 11 is 0. The first-order valence-corrected chi connectivity index (χ1v) is 10.0. The maximum atomic E-state index is 12.5. The lowest BCUT2D eigenvalue weighted by molar-refractivity contribution is 0.0950. The number of aryl methyl sites for hydroxylation is 1. The van der Waals surface area contributed by atoms with Gasteiger partial charge >= 0.3 is 0 Å². The molecule has 1 N–H and O–H groups in total. The van der Waals surface area contributed by atoms with Gasteiger partial charge in [0.05, 0.1) is 31.1 Å². The third-order valence-corrected chi connectivity index (χ3v) is 5.36. The van der Waals surface area contributed by atoms with Crippen LogP contribution in [-0.4, -0.2) is 40.3 Å². The van der Waals surface area contributed by atoms with E-state index in [2.05, 4.69) is 33.0 Å². The van der Waals surface area contributed by atoms with E-state index in [1.54, 1.807) is 0 Å². The van der Waals surface area contributed by atoms with E-state index in [1.807, 2.05) is 18.2 Å². The molecule has 0 unspecified atom stereocenters. The van der Waals surface area contributed by atoms with Crippen molar-refractivity contribution in [1.82, 2.24) is 20.0 Å². The number of hydrogen-bond acceptors (Lipinski definition) is 4. The van der Waals surface area contributed by atoms with Crippen LogP contribution in [0.25, 0.3) is 0 Å². The van der Waals surface area contributed by atoms with Gasteiger partial charge in [0.15, 0.2) is 0 Å². The molecule has 1 amide bonds. The summed E-state index contributed by atoms with van der Waals surface area (Å²) in [6.07, 6.45) is 4.44. The predicted octanol–water partition coefficient (Wildman–Crippen LogP) is 2.75. The Morgan fingerprint density at radius 2 is 2.22 bits per heavy atom. The zero-order chi connectivity index (χ0) is 18.6. The molecule has 2 aliphatic heterocycles. The van der Waals surface area contributed by atoms with E-state index in [0.29, 0.717) is 12.1 Å². The Labute approximate surface area is 160 Å². The Morgan fingerprint density at radius 1 is 1.30 bits per heavy atom. The van der Waals surface area contributed by atoms with Gasteiger partial charge in [-0.25, -0.2) is 0 Å². The third-order valence-electron chi connectivity index (χ3n) is 5.36. The maximum absolute atomic E-state index is 12.5. The molecule has 0 spiro atoms. The fourth-order valence-corrected chi connectivity index (χ4v) is 3.81.